The van der Waals surface area contributed by atoms with E-state index in [9.17, 15) is 4.79 Å². The number of hydrogen-bond donors (Lipinski definition) is 1. The van der Waals surface area contributed by atoms with Gasteiger partial charge in [-0.05, 0) is 82.9 Å². The third kappa shape index (κ3) is 3.34. The normalized spacial score (nSPS) is 17.3. The van der Waals surface area contributed by atoms with Crippen molar-refractivity contribution in [3.63, 3.8) is 0 Å². The van der Waals surface area contributed by atoms with Crippen LogP contribution in [0.3, 0.4) is 0 Å². The zero-order chi connectivity index (χ0) is 21.7. The molecule has 162 valence electrons. The molecular formula is C25H22BrN3OS2. The molecule has 2 amide bonds. The molecule has 1 aliphatic carbocycles. The first-order valence-electron chi connectivity index (χ1n) is 10.9. The minimum atomic E-state index is -0.133. The summed E-state index contributed by atoms with van der Waals surface area (Å²) >= 11 is 7.20. The third-order valence-electron chi connectivity index (χ3n) is 6.37. The Morgan fingerprint density at radius 2 is 1.91 bits per heavy atom. The minimum absolute atomic E-state index is 0.0772. The molecule has 4 aromatic rings. The van der Waals surface area contributed by atoms with Gasteiger partial charge in [0.2, 0.25) is 0 Å². The van der Waals surface area contributed by atoms with Crippen LogP contribution in [-0.4, -0.2) is 15.5 Å². The number of urea groups is 1. The molecule has 3 aromatic heterocycles. The van der Waals surface area contributed by atoms with Crippen molar-refractivity contribution in [2.24, 2.45) is 0 Å². The van der Waals surface area contributed by atoms with Crippen molar-refractivity contribution in [2.45, 2.75) is 38.3 Å². The Kier molecular flexibility index (Phi) is 5.20. The van der Waals surface area contributed by atoms with Crippen LogP contribution in [0.4, 0.5) is 10.5 Å². The molecule has 0 spiro atoms. The van der Waals surface area contributed by atoms with Crippen LogP contribution < -0.4 is 5.32 Å². The Bertz CT molecular complexity index is 1290. The Balaban J connectivity index is 1.50. The summed E-state index contributed by atoms with van der Waals surface area (Å²) in [5.41, 5.74) is 4.73. The van der Waals surface area contributed by atoms with Gasteiger partial charge in [-0.3, -0.25) is 0 Å². The molecule has 1 atom stereocenters. The van der Waals surface area contributed by atoms with Crippen LogP contribution in [-0.2, 0) is 19.4 Å². The average molecular weight is 525 g/mol. The van der Waals surface area contributed by atoms with Gasteiger partial charge in [-0.1, -0.05) is 18.2 Å². The summed E-state index contributed by atoms with van der Waals surface area (Å²) in [6, 6.07) is 16.0. The summed E-state index contributed by atoms with van der Waals surface area (Å²) in [7, 11) is 0. The van der Waals surface area contributed by atoms with Gasteiger partial charge < -0.3 is 14.8 Å². The fraction of sp³-hybridized carbons (Fsp3) is 0.240. The van der Waals surface area contributed by atoms with Crippen LogP contribution in [0.1, 0.15) is 45.5 Å². The fourth-order valence-corrected chi connectivity index (χ4v) is 7.52. The maximum Gasteiger partial charge on any atom is 0.323 e. The van der Waals surface area contributed by atoms with Gasteiger partial charge >= 0.3 is 6.03 Å². The predicted octanol–water partition coefficient (Wildman–Crippen LogP) is 7.38. The van der Waals surface area contributed by atoms with E-state index < -0.39 is 0 Å². The number of halogens is 1. The van der Waals surface area contributed by atoms with Crippen LogP contribution >= 0.6 is 38.6 Å². The van der Waals surface area contributed by atoms with Crippen LogP contribution in [0, 0.1) is 0 Å². The van der Waals surface area contributed by atoms with Crippen LogP contribution in [0.15, 0.2) is 64.6 Å². The standard InChI is InChI=1S/C25H22BrN3OS2/c26-18-8-2-3-9-19(18)27-25(30)29-15-17-16-7-1-4-11-21(16)32-24(17)28-13-5-10-20(28)23(29)22-12-6-14-31-22/h2-3,5-6,8-10,12-14,23H,1,4,7,11,15H2,(H,27,30)/t23-/m0/s1. The number of nitrogens with zero attached hydrogens (tertiary/aromatic N) is 2. The van der Waals surface area contributed by atoms with E-state index in [1.54, 1.807) is 11.3 Å². The van der Waals surface area contributed by atoms with Gasteiger partial charge in [0.05, 0.1) is 17.9 Å². The zero-order valence-electron chi connectivity index (χ0n) is 17.4. The number of amides is 2. The highest BCUT2D eigenvalue weighted by Crippen LogP contribution is 2.44. The number of carbonyl (C=O) groups excluding carboxylic acids is 1. The molecule has 6 rings (SSSR count). The van der Waals surface area contributed by atoms with E-state index in [0.29, 0.717) is 6.54 Å². The summed E-state index contributed by atoms with van der Waals surface area (Å²) in [5, 5.41) is 6.54. The number of carbonyl (C=O) groups is 1. The van der Waals surface area contributed by atoms with Crippen molar-refractivity contribution in [1.82, 2.24) is 9.47 Å². The summed E-state index contributed by atoms with van der Waals surface area (Å²) in [6.07, 6.45) is 6.91. The van der Waals surface area contributed by atoms with E-state index in [-0.39, 0.29) is 12.1 Å². The largest absolute Gasteiger partial charge is 0.323 e. The first-order chi connectivity index (χ1) is 15.7. The van der Waals surface area contributed by atoms with E-state index in [0.717, 1.165) is 28.7 Å². The first kappa shape index (κ1) is 20.3. The first-order valence-corrected chi connectivity index (χ1v) is 13.4. The van der Waals surface area contributed by atoms with Gasteiger partial charge in [0.1, 0.15) is 11.0 Å². The van der Waals surface area contributed by atoms with Gasteiger partial charge in [-0.25, -0.2) is 4.79 Å². The van der Waals surface area contributed by atoms with Crippen molar-refractivity contribution in [3.8, 4) is 5.00 Å². The maximum atomic E-state index is 13.8. The molecule has 0 unspecified atom stereocenters. The summed E-state index contributed by atoms with van der Waals surface area (Å²) in [5.74, 6) is 0. The zero-order valence-corrected chi connectivity index (χ0v) is 20.6. The number of fused-ring (bicyclic) bond motifs is 5. The Hall–Kier alpha value is -2.35. The topological polar surface area (TPSA) is 37.3 Å². The van der Waals surface area contributed by atoms with E-state index in [1.807, 2.05) is 40.5 Å². The van der Waals surface area contributed by atoms with Crippen LogP contribution in [0.25, 0.3) is 5.00 Å². The maximum absolute atomic E-state index is 13.8. The van der Waals surface area contributed by atoms with Gasteiger partial charge in [0, 0.05) is 26.0 Å². The molecule has 4 nitrogen and oxygen atoms in total. The molecule has 1 aromatic carbocycles. The van der Waals surface area contributed by atoms with Gasteiger partial charge in [0.25, 0.3) is 0 Å². The number of rotatable bonds is 2. The summed E-state index contributed by atoms with van der Waals surface area (Å²) in [6.45, 7) is 0.613. The lowest BCUT2D eigenvalue weighted by molar-refractivity contribution is 0.195. The van der Waals surface area contributed by atoms with Crippen molar-refractivity contribution < 1.29 is 4.79 Å². The second-order valence-electron chi connectivity index (χ2n) is 8.25. The van der Waals surface area contributed by atoms with E-state index in [2.05, 4.69) is 61.7 Å². The Morgan fingerprint density at radius 3 is 2.75 bits per heavy atom. The average Bonchev–Trinajstić information content (AvgIpc) is 3.55. The highest BCUT2D eigenvalue weighted by atomic mass is 79.9. The molecule has 1 aliphatic heterocycles. The van der Waals surface area contributed by atoms with Crippen molar-refractivity contribution in [1.29, 1.82) is 0 Å². The second-order valence-corrected chi connectivity index (χ2v) is 11.2. The molecule has 4 heterocycles. The number of hydrogen-bond acceptors (Lipinski definition) is 3. The van der Waals surface area contributed by atoms with E-state index in [4.69, 9.17) is 0 Å². The van der Waals surface area contributed by atoms with Crippen molar-refractivity contribution in [3.05, 3.63) is 91.2 Å². The predicted molar refractivity (Wildman–Crippen MR) is 135 cm³/mol. The lowest BCUT2D eigenvalue weighted by Crippen LogP contribution is -2.37. The molecule has 0 saturated carbocycles. The summed E-state index contributed by atoms with van der Waals surface area (Å²) < 4.78 is 3.21. The second kappa shape index (κ2) is 8.21. The van der Waals surface area contributed by atoms with Gasteiger partial charge in [-0.15, -0.1) is 22.7 Å². The molecule has 0 radical (unpaired) electrons. The minimum Gasteiger partial charge on any atom is -0.310 e. The number of anilines is 1. The van der Waals surface area contributed by atoms with Gasteiger partial charge in [0.15, 0.2) is 0 Å². The third-order valence-corrected chi connectivity index (χ3v) is 9.32. The number of para-hydroxylation sites is 1. The number of nitrogens with one attached hydrogen (secondary N) is 1. The molecule has 7 heteroatoms. The fourth-order valence-electron chi connectivity index (χ4n) is 4.88. The Morgan fingerprint density at radius 1 is 1.03 bits per heavy atom. The SMILES string of the molecule is O=C(Nc1ccccc1Br)N1Cc2c(sc3c2CCCC3)-n2cccc2[C@H]1c1cccs1. The quantitative estimate of drug-likeness (QED) is 0.292. The molecule has 2 aliphatic rings. The number of thiophene rings is 2. The Labute approximate surface area is 203 Å². The molecule has 0 fully saturated rings. The smallest absolute Gasteiger partial charge is 0.310 e. The van der Waals surface area contributed by atoms with E-state index in [1.165, 1.54) is 38.7 Å². The van der Waals surface area contributed by atoms with Crippen LogP contribution in [0.5, 0.6) is 0 Å². The molecular weight excluding hydrogens is 502 g/mol. The molecule has 32 heavy (non-hydrogen) atoms. The van der Waals surface area contributed by atoms with Crippen LogP contribution in [0.2, 0.25) is 0 Å². The van der Waals surface area contributed by atoms with E-state index >= 15 is 0 Å². The molecule has 0 bridgehead atoms. The lowest BCUT2D eigenvalue weighted by atomic mass is 9.95. The highest BCUT2D eigenvalue weighted by Gasteiger charge is 2.36. The summed E-state index contributed by atoms with van der Waals surface area (Å²) in [4.78, 5) is 18.5. The highest BCUT2D eigenvalue weighted by molar-refractivity contribution is 9.10. The number of aromatic nitrogens is 1. The lowest BCUT2D eigenvalue weighted by Gasteiger charge is -2.30. The molecule has 0 saturated heterocycles. The number of benzene rings is 1. The monoisotopic (exact) mass is 523 g/mol. The van der Waals surface area contributed by atoms with Crippen molar-refractivity contribution >= 4 is 50.3 Å². The van der Waals surface area contributed by atoms with Gasteiger partial charge in [-0.2, -0.15) is 0 Å². The number of aryl methyl sites for hydroxylation is 1. The van der Waals surface area contributed by atoms with Crippen molar-refractivity contribution in [2.75, 3.05) is 5.32 Å². The molecule has 1 N–H and O–H groups in total.